The summed E-state index contributed by atoms with van der Waals surface area (Å²) in [4.78, 5) is 0. The van der Waals surface area contributed by atoms with Crippen LogP contribution in [0.5, 0.6) is 0 Å². The molecule has 94 valence electrons. The molecule has 2 N–H and O–H groups in total. The summed E-state index contributed by atoms with van der Waals surface area (Å²) in [5.41, 5.74) is 7.79. The van der Waals surface area contributed by atoms with E-state index >= 15 is 0 Å². The van der Waals surface area contributed by atoms with E-state index in [0.29, 0.717) is 6.04 Å². The predicted molar refractivity (Wildman–Crippen MR) is 73.9 cm³/mol. The van der Waals surface area contributed by atoms with E-state index in [4.69, 9.17) is 5.73 Å². The van der Waals surface area contributed by atoms with Crippen molar-refractivity contribution < 1.29 is 0 Å². The predicted octanol–water partition coefficient (Wildman–Crippen LogP) is 3.92. The first-order valence-electron chi connectivity index (χ1n) is 7.16. The summed E-state index contributed by atoms with van der Waals surface area (Å²) in [6, 6.07) is 11.0. The number of hydrogen-bond acceptors (Lipinski definition) is 1. The lowest BCUT2D eigenvalue weighted by molar-refractivity contribution is 0.322. The molecule has 1 aromatic rings. The largest absolute Gasteiger partial charge is 0.327 e. The fourth-order valence-electron chi connectivity index (χ4n) is 2.97. The van der Waals surface area contributed by atoms with E-state index in [9.17, 15) is 0 Å². The molecule has 0 saturated heterocycles. The van der Waals surface area contributed by atoms with Gasteiger partial charge in [-0.15, -0.1) is 0 Å². The molecule has 1 aliphatic rings. The van der Waals surface area contributed by atoms with Crippen molar-refractivity contribution in [2.75, 3.05) is 0 Å². The van der Waals surface area contributed by atoms with Gasteiger partial charge in [0.05, 0.1) is 0 Å². The van der Waals surface area contributed by atoms with Crippen molar-refractivity contribution in [1.29, 1.82) is 0 Å². The highest BCUT2D eigenvalue weighted by atomic mass is 14.6. The lowest BCUT2D eigenvalue weighted by Gasteiger charge is -2.25. The van der Waals surface area contributed by atoms with E-state index in [1.54, 1.807) is 0 Å². The van der Waals surface area contributed by atoms with Gasteiger partial charge in [0.1, 0.15) is 0 Å². The molecule has 1 saturated carbocycles. The van der Waals surface area contributed by atoms with Gasteiger partial charge in [-0.25, -0.2) is 0 Å². The second-order valence-electron chi connectivity index (χ2n) is 5.46. The molecular formula is C16H25N. The smallest absolute Gasteiger partial charge is 0.0108 e. The van der Waals surface area contributed by atoms with E-state index in [-0.39, 0.29) is 0 Å². The van der Waals surface area contributed by atoms with E-state index < -0.39 is 0 Å². The Hall–Kier alpha value is -0.820. The van der Waals surface area contributed by atoms with Crippen LogP contribution in [0.1, 0.15) is 50.5 Å². The lowest BCUT2D eigenvalue weighted by atomic mass is 9.84. The molecule has 1 aromatic carbocycles. The van der Waals surface area contributed by atoms with Crippen LogP contribution in [-0.2, 0) is 6.42 Å². The zero-order valence-corrected chi connectivity index (χ0v) is 10.8. The van der Waals surface area contributed by atoms with Crippen molar-refractivity contribution in [2.24, 2.45) is 11.7 Å². The van der Waals surface area contributed by atoms with E-state index in [0.717, 1.165) is 12.3 Å². The van der Waals surface area contributed by atoms with Crippen LogP contribution < -0.4 is 5.73 Å². The van der Waals surface area contributed by atoms with Crippen LogP contribution in [0, 0.1) is 5.92 Å². The maximum atomic E-state index is 6.40. The molecule has 0 aromatic heterocycles. The molecule has 1 unspecified atom stereocenters. The third kappa shape index (κ3) is 4.16. The first-order chi connectivity index (χ1) is 8.36. The second-order valence-corrected chi connectivity index (χ2v) is 5.46. The summed E-state index contributed by atoms with van der Waals surface area (Å²) < 4.78 is 0. The summed E-state index contributed by atoms with van der Waals surface area (Å²) in [6.07, 6.45) is 10.7. The van der Waals surface area contributed by atoms with E-state index in [1.165, 1.54) is 50.5 Å². The van der Waals surface area contributed by atoms with Crippen molar-refractivity contribution >= 4 is 0 Å². The van der Waals surface area contributed by atoms with Crippen LogP contribution in [0.4, 0.5) is 0 Å². The van der Waals surface area contributed by atoms with E-state index in [2.05, 4.69) is 30.3 Å². The maximum Gasteiger partial charge on any atom is 0.0108 e. The Kier molecular flexibility index (Phi) is 5.06. The van der Waals surface area contributed by atoms with Crippen LogP contribution in [0.25, 0.3) is 0 Å². The first-order valence-corrected chi connectivity index (χ1v) is 7.16. The summed E-state index contributed by atoms with van der Waals surface area (Å²) >= 11 is 0. The average molecular weight is 231 g/mol. The third-order valence-electron chi connectivity index (χ3n) is 4.07. The van der Waals surface area contributed by atoms with Gasteiger partial charge in [0.2, 0.25) is 0 Å². The molecule has 0 heterocycles. The summed E-state index contributed by atoms with van der Waals surface area (Å²) in [5, 5.41) is 0. The van der Waals surface area contributed by atoms with Crippen LogP contribution >= 0.6 is 0 Å². The molecule has 0 aliphatic heterocycles. The summed E-state index contributed by atoms with van der Waals surface area (Å²) in [6.45, 7) is 0. The zero-order valence-electron chi connectivity index (χ0n) is 10.8. The Morgan fingerprint density at radius 3 is 2.18 bits per heavy atom. The van der Waals surface area contributed by atoms with Gasteiger partial charge in [-0.3, -0.25) is 0 Å². The normalized spacial score (nSPS) is 20.5. The molecule has 1 fully saturated rings. The first kappa shape index (κ1) is 12.6. The summed E-state index contributed by atoms with van der Waals surface area (Å²) in [7, 11) is 0. The number of hydrogen-bond donors (Lipinski definition) is 1. The topological polar surface area (TPSA) is 26.0 Å². The Morgan fingerprint density at radius 1 is 0.941 bits per heavy atom. The maximum absolute atomic E-state index is 6.40. The van der Waals surface area contributed by atoms with Crippen molar-refractivity contribution in [3.05, 3.63) is 35.9 Å². The SMILES string of the molecule is NC(Cc1ccccc1)C1CCCCCCC1. The van der Waals surface area contributed by atoms with E-state index in [1.807, 2.05) is 0 Å². The van der Waals surface area contributed by atoms with Gasteiger partial charge in [-0.05, 0) is 30.7 Å². The molecular weight excluding hydrogens is 206 g/mol. The Labute approximate surface area is 105 Å². The lowest BCUT2D eigenvalue weighted by Crippen LogP contribution is -2.32. The highest BCUT2D eigenvalue weighted by Gasteiger charge is 2.18. The van der Waals surface area contributed by atoms with Crippen LogP contribution in [0.2, 0.25) is 0 Å². The van der Waals surface area contributed by atoms with Gasteiger partial charge in [-0.2, -0.15) is 0 Å². The Bertz CT molecular complexity index is 299. The van der Waals surface area contributed by atoms with Crippen LogP contribution in [0.15, 0.2) is 30.3 Å². The molecule has 17 heavy (non-hydrogen) atoms. The molecule has 0 bridgehead atoms. The van der Waals surface area contributed by atoms with Crippen LogP contribution in [0.3, 0.4) is 0 Å². The molecule has 2 rings (SSSR count). The van der Waals surface area contributed by atoms with Gasteiger partial charge in [0.25, 0.3) is 0 Å². The Balaban J connectivity index is 1.87. The standard InChI is InChI=1S/C16H25N/c17-16(13-14-9-5-4-6-10-14)15-11-7-2-1-3-8-12-15/h4-6,9-10,15-16H,1-3,7-8,11-13,17H2. The molecule has 1 nitrogen and oxygen atoms in total. The third-order valence-corrected chi connectivity index (χ3v) is 4.07. The highest BCUT2D eigenvalue weighted by molar-refractivity contribution is 5.16. The minimum atomic E-state index is 0.357. The highest BCUT2D eigenvalue weighted by Crippen LogP contribution is 2.25. The fraction of sp³-hybridized carbons (Fsp3) is 0.625. The number of rotatable bonds is 3. The van der Waals surface area contributed by atoms with Gasteiger partial charge in [0.15, 0.2) is 0 Å². The second kappa shape index (κ2) is 6.80. The molecule has 1 atom stereocenters. The van der Waals surface area contributed by atoms with Crippen molar-refractivity contribution in [3.8, 4) is 0 Å². The van der Waals surface area contributed by atoms with Crippen molar-refractivity contribution in [3.63, 3.8) is 0 Å². The number of nitrogens with two attached hydrogens (primary N) is 1. The average Bonchev–Trinajstić information content (AvgIpc) is 2.29. The Morgan fingerprint density at radius 2 is 1.53 bits per heavy atom. The monoisotopic (exact) mass is 231 g/mol. The minimum Gasteiger partial charge on any atom is -0.327 e. The molecule has 1 aliphatic carbocycles. The molecule has 1 heteroatoms. The quantitative estimate of drug-likeness (QED) is 0.838. The van der Waals surface area contributed by atoms with Gasteiger partial charge in [0, 0.05) is 6.04 Å². The molecule has 0 radical (unpaired) electrons. The zero-order chi connectivity index (χ0) is 11.9. The minimum absolute atomic E-state index is 0.357. The molecule has 0 spiro atoms. The van der Waals surface area contributed by atoms with Crippen molar-refractivity contribution in [1.82, 2.24) is 0 Å². The van der Waals surface area contributed by atoms with Crippen molar-refractivity contribution in [2.45, 2.75) is 57.4 Å². The van der Waals surface area contributed by atoms with Gasteiger partial charge < -0.3 is 5.73 Å². The van der Waals surface area contributed by atoms with Gasteiger partial charge in [-0.1, -0.05) is 62.4 Å². The fourth-order valence-corrected chi connectivity index (χ4v) is 2.97. The van der Waals surface area contributed by atoms with Crippen LogP contribution in [-0.4, -0.2) is 6.04 Å². The number of benzene rings is 1. The van der Waals surface area contributed by atoms with Gasteiger partial charge >= 0.3 is 0 Å². The summed E-state index contributed by atoms with van der Waals surface area (Å²) in [5.74, 6) is 0.746. The molecule has 0 amide bonds.